The van der Waals surface area contributed by atoms with Gasteiger partial charge in [0.2, 0.25) is 0 Å². The molecule has 20 heavy (non-hydrogen) atoms. The highest BCUT2D eigenvalue weighted by Gasteiger charge is 2.24. The number of hydrogen-bond donors (Lipinski definition) is 1. The van der Waals surface area contributed by atoms with E-state index in [4.69, 9.17) is 9.72 Å². The van der Waals surface area contributed by atoms with Crippen LogP contribution in [0.1, 0.15) is 38.4 Å². The number of ether oxygens (including phenoxy) is 1. The molecule has 1 saturated heterocycles. The molecule has 1 aromatic heterocycles. The van der Waals surface area contributed by atoms with E-state index >= 15 is 0 Å². The van der Waals surface area contributed by atoms with Gasteiger partial charge in [-0.3, -0.25) is 4.90 Å². The van der Waals surface area contributed by atoms with E-state index in [9.17, 15) is 0 Å². The minimum Gasteiger partial charge on any atom is -0.378 e. The van der Waals surface area contributed by atoms with Crippen molar-refractivity contribution in [1.29, 1.82) is 0 Å². The van der Waals surface area contributed by atoms with Crippen LogP contribution in [0.2, 0.25) is 0 Å². The summed E-state index contributed by atoms with van der Waals surface area (Å²) in [6, 6.07) is 0.464. The fraction of sp³-hybridized carbons (Fsp3) is 0.800. The summed E-state index contributed by atoms with van der Waals surface area (Å²) in [7, 11) is 0. The average molecular weight is 297 g/mol. The zero-order valence-corrected chi connectivity index (χ0v) is 13.9. The fourth-order valence-electron chi connectivity index (χ4n) is 2.30. The third-order valence-electron chi connectivity index (χ3n) is 3.64. The number of nitrogens with zero attached hydrogens (tertiary/aromatic N) is 2. The van der Waals surface area contributed by atoms with E-state index in [1.54, 1.807) is 11.3 Å². The van der Waals surface area contributed by atoms with Crippen molar-refractivity contribution in [2.75, 3.05) is 32.8 Å². The summed E-state index contributed by atoms with van der Waals surface area (Å²) in [6.07, 6.45) is 0. The van der Waals surface area contributed by atoms with Crippen molar-refractivity contribution in [2.45, 2.75) is 45.7 Å². The molecule has 0 bridgehead atoms. The lowest BCUT2D eigenvalue weighted by Gasteiger charge is -2.35. The predicted octanol–water partition coefficient (Wildman–Crippen LogP) is 2.25. The first-order valence-corrected chi connectivity index (χ1v) is 8.36. The van der Waals surface area contributed by atoms with Crippen LogP contribution in [-0.4, -0.2) is 48.8 Å². The number of nitrogens with one attached hydrogen (secondary N) is 1. The quantitative estimate of drug-likeness (QED) is 0.904. The standard InChI is InChI=1S/C15H27N3OS/c1-5-16-8-12-10-19-7-6-18(12)9-14-17-13(11-20-14)15(2,3)4/h11-12,16H,5-10H2,1-4H3. The highest BCUT2D eigenvalue weighted by molar-refractivity contribution is 7.09. The van der Waals surface area contributed by atoms with Crippen molar-refractivity contribution in [3.8, 4) is 0 Å². The molecule has 0 saturated carbocycles. The molecule has 0 aliphatic carbocycles. The van der Waals surface area contributed by atoms with Gasteiger partial charge in [-0.2, -0.15) is 0 Å². The van der Waals surface area contributed by atoms with E-state index in [1.165, 1.54) is 10.7 Å². The highest BCUT2D eigenvalue weighted by atomic mass is 32.1. The Morgan fingerprint density at radius 2 is 2.30 bits per heavy atom. The van der Waals surface area contributed by atoms with Gasteiger partial charge in [-0.15, -0.1) is 11.3 Å². The Bertz CT molecular complexity index is 413. The van der Waals surface area contributed by atoms with Gasteiger partial charge in [0, 0.05) is 29.9 Å². The van der Waals surface area contributed by atoms with Crippen molar-refractivity contribution in [3.63, 3.8) is 0 Å². The van der Waals surface area contributed by atoms with E-state index in [0.29, 0.717) is 6.04 Å². The smallest absolute Gasteiger partial charge is 0.107 e. The molecule has 1 unspecified atom stereocenters. The summed E-state index contributed by atoms with van der Waals surface area (Å²) in [6.45, 7) is 14.4. The van der Waals surface area contributed by atoms with Crippen LogP contribution in [0.5, 0.6) is 0 Å². The SMILES string of the molecule is CCNCC1COCCN1Cc1nc(C(C)(C)C)cs1. The van der Waals surface area contributed by atoms with Crippen LogP contribution in [-0.2, 0) is 16.7 Å². The van der Waals surface area contributed by atoms with Crippen LogP contribution in [0.3, 0.4) is 0 Å². The lowest BCUT2D eigenvalue weighted by molar-refractivity contribution is -0.0108. The number of morpholine rings is 1. The second-order valence-electron chi connectivity index (χ2n) is 6.38. The Morgan fingerprint density at radius 1 is 1.50 bits per heavy atom. The van der Waals surface area contributed by atoms with Crippen LogP contribution in [0.15, 0.2) is 5.38 Å². The molecule has 0 aromatic carbocycles. The second-order valence-corrected chi connectivity index (χ2v) is 7.33. The van der Waals surface area contributed by atoms with E-state index in [2.05, 4.69) is 43.3 Å². The molecule has 4 nitrogen and oxygen atoms in total. The largest absolute Gasteiger partial charge is 0.378 e. The zero-order valence-electron chi connectivity index (χ0n) is 13.1. The minimum absolute atomic E-state index is 0.142. The fourth-order valence-corrected chi connectivity index (χ4v) is 3.34. The zero-order chi connectivity index (χ0) is 14.6. The summed E-state index contributed by atoms with van der Waals surface area (Å²) < 4.78 is 5.61. The molecule has 0 spiro atoms. The van der Waals surface area contributed by atoms with Gasteiger partial charge in [-0.05, 0) is 6.54 Å². The van der Waals surface area contributed by atoms with Crippen molar-refractivity contribution >= 4 is 11.3 Å². The highest BCUT2D eigenvalue weighted by Crippen LogP contribution is 2.25. The van der Waals surface area contributed by atoms with Gasteiger partial charge in [0.15, 0.2) is 0 Å². The minimum atomic E-state index is 0.142. The predicted molar refractivity (Wildman–Crippen MR) is 84.4 cm³/mol. The third-order valence-corrected chi connectivity index (χ3v) is 4.47. The first-order chi connectivity index (χ1) is 9.50. The van der Waals surface area contributed by atoms with Crippen LogP contribution in [0.25, 0.3) is 0 Å². The lowest BCUT2D eigenvalue weighted by Crippen LogP contribution is -2.49. The van der Waals surface area contributed by atoms with Crippen molar-refractivity contribution < 1.29 is 4.74 Å². The van der Waals surface area contributed by atoms with Crippen molar-refractivity contribution in [1.82, 2.24) is 15.2 Å². The molecule has 114 valence electrons. The molecular formula is C15H27N3OS. The van der Waals surface area contributed by atoms with E-state index in [0.717, 1.165) is 39.4 Å². The van der Waals surface area contributed by atoms with Crippen LogP contribution in [0, 0.1) is 0 Å². The number of aromatic nitrogens is 1. The van der Waals surface area contributed by atoms with Crippen molar-refractivity contribution in [3.05, 3.63) is 16.1 Å². The Hall–Kier alpha value is -0.490. The van der Waals surface area contributed by atoms with E-state index in [1.807, 2.05) is 0 Å². The maximum atomic E-state index is 5.61. The summed E-state index contributed by atoms with van der Waals surface area (Å²) in [5.74, 6) is 0. The molecule has 5 heteroatoms. The Kier molecular flexibility index (Phi) is 5.55. The average Bonchev–Trinajstić information content (AvgIpc) is 2.86. The summed E-state index contributed by atoms with van der Waals surface area (Å²) >= 11 is 1.78. The molecule has 1 aliphatic heterocycles. The first kappa shape index (κ1) is 15.9. The summed E-state index contributed by atoms with van der Waals surface area (Å²) in [5, 5.41) is 6.85. The summed E-state index contributed by atoms with van der Waals surface area (Å²) in [5.41, 5.74) is 1.34. The van der Waals surface area contributed by atoms with Gasteiger partial charge < -0.3 is 10.1 Å². The molecule has 1 N–H and O–H groups in total. The van der Waals surface area contributed by atoms with Crippen molar-refractivity contribution in [2.24, 2.45) is 0 Å². The first-order valence-electron chi connectivity index (χ1n) is 7.48. The molecule has 0 radical (unpaired) electrons. The molecule has 0 amide bonds. The maximum Gasteiger partial charge on any atom is 0.107 e. The topological polar surface area (TPSA) is 37.4 Å². The Morgan fingerprint density at radius 3 is 2.95 bits per heavy atom. The molecule has 1 aliphatic rings. The van der Waals surface area contributed by atoms with Gasteiger partial charge in [0.25, 0.3) is 0 Å². The van der Waals surface area contributed by atoms with E-state index in [-0.39, 0.29) is 5.41 Å². The number of hydrogen-bond acceptors (Lipinski definition) is 5. The Balaban J connectivity index is 1.97. The molecule has 2 heterocycles. The molecule has 2 rings (SSSR count). The second kappa shape index (κ2) is 6.98. The lowest BCUT2D eigenvalue weighted by atomic mass is 9.93. The maximum absolute atomic E-state index is 5.61. The van der Waals surface area contributed by atoms with Gasteiger partial charge in [-0.1, -0.05) is 27.7 Å². The van der Waals surface area contributed by atoms with Gasteiger partial charge in [0.1, 0.15) is 5.01 Å². The Labute approximate surface area is 126 Å². The van der Waals surface area contributed by atoms with Gasteiger partial charge >= 0.3 is 0 Å². The van der Waals surface area contributed by atoms with E-state index < -0.39 is 0 Å². The van der Waals surface area contributed by atoms with Crippen LogP contribution in [0.4, 0.5) is 0 Å². The van der Waals surface area contributed by atoms with Crippen LogP contribution >= 0.6 is 11.3 Å². The van der Waals surface area contributed by atoms with Gasteiger partial charge in [0.05, 0.1) is 25.5 Å². The van der Waals surface area contributed by atoms with Gasteiger partial charge in [-0.25, -0.2) is 4.98 Å². The molecule has 1 atom stereocenters. The number of likely N-dealkylation sites (N-methyl/N-ethyl adjacent to an activating group) is 1. The molecule has 1 fully saturated rings. The molecular weight excluding hydrogens is 270 g/mol. The third kappa shape index (κ3) is 4.25. The normalized spacial score (nSPS) is 21.3. The van der Waals surface area contributed by atoms with Crippen LogP contribution < -0.4 is 5.32 Å². The number of thiazole rings is 1. The number of rotatable bonds is 5. The summed E-state index contributed by atoms with van der Waals surface area (Å²) in [4.78, 5) is 7.30. The monoisotopic (exact) mass is 297 g/mol. The molecule has 1 aromatic rings.